The summed E-state index contributed by atoms with van der Waals surface area (Å²) in [5.41, 5.74) is -3.46. The molecule has 0 N–H and O–H groups in total. The minimum absolute atomic E-state index is 0.0210. The first-order valence-electron chi connectivity index (χ1n) is 7.97. The lowest BCUT2D eigenvalue weighted by Crippen LogP contribution is -2.11. The van der Waals surface area contributed by atoms with Crippen LogP contribution in [0.4, 0.5) is 26.3 Å². The fourth-order valence-electron chi connectivity index (χ4n) is 2.23. The average Bonchev–Trinajstić information content (AvgIpc) is 3.13. The average molecular weight is 451 g/mol. The number of hydrogen-bond donors (Lipinski definition) is 0. The van der Waals surface area contributed by atoms with Gasteiger partial charge < -0.3 is 9.26 Å². The number of ether oxygens (including phenoxy) is 1. The van der Waals surface area contributed by atoms with E-state index in [0.717, 1.165) is 11.8 Å². The Morgan fingerprint density at radius 3 is 2.13 bits per heavy atom. The second kappa shape index (κ2) is 8.08. The Balaban J connectivity index is 1.86. The molecule has 160 valence electrons. The number of nitrogens with zero attached hydrogens (tertiary/aromatic N) is 5. The van der Waals surface area contributed by atoms with E-state index >= 15 is 0 Å². The van der Waals surface area contributed by atoms with Gasteiger partial charge in [0.1, 0.15) is 5.82 Å². The molecule has 0 fully saturated rings. The van der Waals surface area contributed by atoms with Crippen LogP contribution in [0.2, 0.25) is 0 Å². The number of halogens is 6. The minimum atomic E-state index is -4.98. The maximum atomic E-state index is 13.0. The van der Waals surface area contributed by atoms with E-state index in [9.17, 15) is 26.3 Å². The summed E-state index contributed by atoms with van der Waals surface area (Å²) in [4.78, 5) is 15.8. The Kier molecular flexibility index (Phi) is 5.87. The maximum Gasteiger partial charge on any atom is 0.416 e. The van der Waals surface area contributed by atoms with Gasteiger partial charge in [0.2, 0.25) is 0 Å². The van der Waals surface area contributed by atoms with Crippen molar-refractivity contribution < 1.29 is 35.6 Å². The van der Waals surface area contributed by atoms with Crippen molar-refractivity contribution in [3.05, 3.63) is 41.0 Å². The molecular formula is C16H11F6N5O2S. The van der Waals surface area contributed by atoms with Crippen LogP contribution < -0.4 is 4.74 Å². The predicted molar refractivity (Wildman–Crippen MR) is 90.4 cm³/mol. The standard InChI is InChI=1S/C16H11F6N5O2S/c1-7-23-13(28-2)26-14(24-7)30-6-11-25-12(29-27-11)8-3-9(15(17,18)19)5-10(4-8)16(20,21)22/h3-5H,6H2,1-2H3. The minimum Gasteiger partial charge on any atom is -0.467 e. The molecule has 0 unspecified atom stereocenters. The number of hydrogen-bond acceptors (Lipinski definition) is 8. The van der Waals surface area contributed by atoms with Crippen LogP contribution in [-0.2, 0) is 18.1 Å². The van der Waals surface area contributed by atoms with E-state index in [1.54, 1.807) is 6.92 Å². The smallest absolute Gasteiger partial charge is 0.416 e. The number of alkyl halides is 6. The van der Waals surface area contributed by atoms with Crippen molar-refractivity contribution in [1.82, 2.24) is 25.1 Å². The van der Waals surface area contributed by atoms with E-state index in [4.69, 9.17) is 9.26 Å². The second-order valence-corrected chi connectivity index (χ2v) is 6.69. The van der Waals surface area contributed by atoms with Crippen LogP contribution >= 0.6 is 11.8 Å². The lowest BCUT2D eigenvalue weighted by Gasteiger charge is -2.12. The molecule has 14 heteroatoms. The van der Waals surface area contributed by atoms with Crippen molar-refractivity contribution >= 4 is 11.8 Å². The fourth-order valence-corrected chi connectivity index (χ4v) is 2.94. The van der Waals surface area contributed by atoms with Crippen LogP contribution in [0.25, 0.3) is 11.5 Å². The summed E-state index contributed by atoms with van der Waals surface area (Å²) in [7, 11) is 1.37. The van der Waals surface area contributed by atoms with E-state index in [2.05, 4.69) is 25.1 Å². The molecule has 0 bridgehead atoms. The molecule has 0 saturated heterocycles. The molecule has 0 aliphatic rings. The molecule has 7 nitrogen and oxygen atoms in total. The molecule has 3 aromatic rings. The van der Waals surface area contributed by atoms with Crippen LogP contribution in [0.15, 0.2) is 27.9 Å². The second-order valence-electron chi connectivity index (χ2n) is 5.75. The van der Waals surface area contributed by atoms with Gasteiger partial charge in [0.25, 0.3) is 5.89 Å². The highest BCUT2D eigenvalue weighted by Gasteiger charge is 2.37. The van der Waals surface area contributed by atoms with Gasteiger partial charge in [-0.25, -0.2) is 4.98 Å². The molecule has 2 heterocycles. The Hall–Kier alpha value is -2.90. The molecule has 0 radical (unpaired) electrons. The van der Waals surface area contributed by atoms with Crippen LogP contribution in [0.5, 0.6) is 6.01 Å². The number of thioether (sulfide) groups is 1. The molecule has 3 rings (SSSR count). The first-order chi connectivity index (χ1) is 14.0. The third kappa shape index (κ3) is 5.17. The van der Waals surface area contributed by atoms with Crippen molar-refractivity contribution in [3.63, 3.8) is 0 Å². The van der Waals surface area contributed by atoms with E-state index in [1.807, 2.05) is 0 Å². The van der Waals surface area contributed by atoms with Gasteiger partial charge in [-0.15, -0.1) is 0 Å². The van der Waals surface area contributed by atoms with E-state index in [1.165, 1.54) is 7.11 Å². The predicted octanol–water partition coefficient (Wildman–Crippen LogP) is 4.57. The molecule has 1 aromatic carbocycles. The summed E-state index contributed by atoms with van der Waals surface area (Å²) in [5.74, 6) is -0.0207. The van der Waals surface area contributed by atoms with Crippen molar-refractivity contribution in [2.75, 3.05) is 7.11 Å². The van der Waals surface area contributed by atoms with Crippen molar-refractivity contribution in [1.29, 1.82) is 0 Å². The van der Waals surface area contributed by atoms with Gasteiger partial charge in [0.15, 0.2) is 11.0 Å². The lowest BCUT2D eigenvalue weighted by atomic mass is 10.0. The first kappa shape index (κ1) is 21.8. The van der Waals surface area contributed by atoms with Crippen molar-refractivity contribution in [2.45, 2.75) is 30.2 Å². The molecule has 0 saturated carbocycles. The SMILES string of the molecule is COc1nc(C)nc(SCc2noc(-c3cc(C(F)(F)F)cc(C(F)(F)F)c3)n2)n1. The van der Waals surface area contributed by atoms with E-state index in [-0.39, 0.29) is 28.8 Å². The lowest BCUT2D eigenvalue weighted by molar-refractivity contribution is -0.143. The van der Waals surface area contributed by atoms with Gasteiger partial charge in [0, 0.05) is 5.56 Å². The zero-order valence-electron chi connectivity index (χ0n) is 15.2. The third-order valence-corrected chi connectivity index (χ3v) is 4.37. The van der Waals surface area contributed by atoms with Gasteiger partial charge in [-0.3, -0.25) is 0 Å². The van der Waals surface area contributed by atoms with Gasteiger partial charge in [-0.1, -0.05) is 16.9 Å². The van der Waals surface area contributed by atoms with Gasteiger partial charge in [-0.2, -0.15) is 41.3 Å². The molecule has 0 atom stereocenters. The van der Waals surface area contributed by atoms with Crippen molar-refractivity contribution in [2.24, 2.45) is 0 Å². The summed E-state index contributed by atoms with van der Waals surface area (Å²) < 4.78 is 87.7. The van der Waals surface area contributed by atoms with E-state index in [0.29, 0.717) is 18.0 Å². The van der Waals surface area contributed by atoms with Crippen LogP contribution in [0, 0.1) is 6.92 Å². The monoisotopic (exact) mass is 451 g/mol. The number of methoxy groups -OCH3 is 1. The molecule has 0 aliphatic heterocycles. The maximum absolute atomic E-state index is 13.0. The highest BCUT2D eigenvalue weighted by atomic mass is 32.2. The van der Waals surface area contributed by atoms with Crippen LogP contribution in [0.1, 0.15) is 22.8 Å². The summed E-state index contributed by atoms with van der Waals surface area (Å²) in [6.07, 6.45) is -9.96. The topological polar surface area (TPSA) is 86.8 Å². The Labute approximate surface area is 168 Å². The molecular weight excluding hydrogens is 440 g/mol. The van der Waals surface area contributed by atoms with Crippen LogP contribution in [0.3, 0.4) is 0 Å². The largest absolute Gasteiger partial charge is 0.467 e. The number of aryl methyl sites for hydroxylation is 1. The zero-order chi connectivity index (χ0) is 22.1. The molecule has 0 aliphatic carbocycles. The van der Waals surface area contributed by atoms with E-state index < -0.39 is 34.9 Å². The highest BCUT2D eigenvalue weighted by molar-refractivity contribution is 7.98. The molecule has 2 aromatic heterocycles. The molecule has 0 amide bonds. The Morgan fingerprint density at radius 2 is 1.57 bits per heavy atom. The van der Waals surface area contributed by atoms with Gasteiger partial charge >= 0.3 is 18.4 Å². The quantitative estimate of drug-likeness (QED) is 0.412. The Morgan fingerprint density at radius 1 is 0.933 bits per heavy atom. The van der Waals surface area contributed by atoms with Gasteiger partial charge in [-0.05, 0) is 25.1 Å². The van der Waals surface area contributed by atoms with Crippen molar-refractivity contribution in [3.8, 4) is 17.5 Å². The normalized spacial score (nSPS) is 12.3. The number of rotatable bonds is 5. The fraction of sp³-hybridized carbons (Fsp3) is 0.312. The highest BCUT2D eigenvalue weighted by Crippen LogP contribution is 2.38. The molecule has 30 heavy (non-hydrogen) atoms. The summed E-state index contributed by atoms with van der Waals surface area (Å²) in [6.45, 7) is 1.62. The summed E-state index contributed by atoms with van der Waals surface area (Å²) in [6, 6.07) is 1.13. The first-order valence-corrected chi connectivity index (χ1v) is 8.96. The summed E-state index contributed by atoms with van der Waals surface area (Å²) in [5, 5.41) is 3.85. The number of aromatic nitrogens is 5. The third-order valence-electron chi connectivity index (χ3n) is 3.52. The summed E-state index contributed by atoms with van der Waals surface area (Å²) >= 11 is 1.05. The molecule has 0 spiro atoms. The van der Waals surface area contributed by atoms with Crippen LogP contribution in [-0.4, -0.2) is 32.2 Å². The zero-order valence-corrected chi connectivity index (χ0v) is 16.0. The Bertz CT molecular complexity index is 1020. The van der Waals surface area contributed by atoms with Gasteiger partial charge in [0.05, 0.1) is 24.0 Å². The number of benzene rings is 1.